The van der Waals surface area contributed by atoms with Crippen LogP contribution >= 0.6 is 0 Å². The summed E-state index contributed by atoms with van der Waals surface area (Å²) in [6, 6.07) is 6.07. The van der Waals surface area contributed by atoms with Crippen LogP contribution < -0.4 is 0 Å². The summed E-state index contributed by atoms with van der Waals surface area (Å²) in [5.41, 5.74) is 0.317. The van der Waals surface area contributed by atoms with Crippen molar-refractivity contribution in [3.05, 3.63) is 35.6 Å². The third kappa shape index (κ3) is 1.89. The van der Waals surface area contributed by atoms with Gasteiger partial charge in [0.15, 0.2) is 5.78 Å². The Morgan fingerprint density at radius 2 is 2.06 bits per heavy atom. The molecule has 0 N–H and O–H groups in total. The molecule has 1 aliphatic rings. The average Bonchev–Trinajstić information content (AvgIpc) is 2.78. The van der Waals surface area contributed by atoms with E-state index in [2.05, 4.69) is 6.92 Å². The summed E-state index contributed by atoms with van der Waals surface area (Å²) < 4.78 is 13.1. The molecule has 1 aliphatic carbocycles. The Morgan fingerprint density at radius 3 is 2.62 bits per heavy atom. The van der Waals surface area contributed by atoms with Crippen molar-refractivity contribution in [3.63, 3.8) is 0 Å². The quantitative estimate of drug-likeness (QED) is 0.704. The van der Waals surface area contributed by atoms with Gasteiger partial charge in [0.2, 0.25) is 0 Å². The van der Waals surface area contributed by atoms with E-state index in [9.17, 15) is 9.18 Å². The Hall–Kier alpha value is -1.18. The number of ketones is 1. The number of hydrogen-bond acceptors (Lipinski definition) is 1. The van der Waals surface area contributed by atoms with Gasteiger partial charge in [-0.25, -0.2) is 4.39 Å². The first-order chi connectivity index (χ1) is 7.68. The molecule has 0 saturated heterocycles. The zero-order valence-corrected chi connectivity index (χ0v) is 9.63. The molecule has 0 amide bonds. The van der Waals surface area contributed by atoms with Gasteiger partial charge in [0, 0.05) is 11.0 Å². The molecular weight excluding hydrogens is 203 g/mol. The van der Waals surface area contributed by atoms with Crippen LogP contribution in [0.4, 0.5) is 4.39 Å². The first-order valence-electron chi connectivity index (χ1n) is 5.98. The molecule has 0 spiro atoms. The van der Waals surface area contributed by atoms with Crippen molar-refractivity contribution in [2.24, 2.45) is 5.41 Å². The Morgan fingerprint density at radius 1 is 1.38 bits per heavy atom. The summed E-state index contributed by atoms with van der Waals surface area (Å²) in [7, 11) is 0. The fourth-order valence-electron chi connectivity index (χ4n) is 2.73. The SMILES string of the molecule is CCC1(C(=O)c2cccc(F)c2)CCCC1. The van der Waals surface area contributed by atoms with E-state index in [0.717, 1.165) is 32.1 Å². The topological polar surface area (TPSA) is 17.1 Å². The van der Waals surface area contributed by atoms with Crippen LogP contribution in [-0.2, 0) is 0 Å². The highest BCUT2D eigenvalue weighted by atomic mass is 19.1. The number of hydrogen-bond donors (Lipinski definition) is 0. The van der Waals surface area contributed by atoms with E-state index >= 15 is 0 Å². The molecule has 1 aromatic carbocycles. The second kappa shape index (κ2) is 4.36. The van der Waals surface area contributed by atoms with Crippen LogP contribution in [0.25, 0.3) is 0 Å². The molecule has 0 aromatic heterocycles. The molecule has 86 valence electrons. The van der Waals surface area contributed by atoms with E-state index in [1.807, 2.05) is 0 Å². The fraction of sp³-hybridized carbons (Fsp3) is 0.500. The van der Waals surface area contributed by atoms with Crippen LogP contribution in [0.1, 0.15) is 49.4 Å². The lowest BCUT2D eigenvalue weighted by atomic mass is 9.76. The van der Waals surface area contributed by atoms with Crippen molar-refractivity contribution in [2.75, 3.05) is 0 Å². The molecule has 0 atom stereocenters. The normalized spacial score (nSPS) is 18.6. The molecule has 1 aromatic rings. The summed E-state index contributed by atoms with van der Waals surface area (Å²) in [4.78, 5) is 12.4. The lowest BCUT2D eigenvalue weighted by Gasteiger charge is -2.25. The number of halogens is 1. The monoisotopic (exact) mass is 220 g/mol. The van der Waals surface area contributed by atoms with Crippen LogP contribution in [0, 0.1) is 11.2 Å². The number of carbonyl (C=O) groups excluding carboxylic acids is 1. The van der Waals surface area contributed by atoms with E-state index in [-0.39, 0.29) is 17.0 Å². The van der Waals surface area contributed by atoms with E-state index < -0.39 is 0 Å². The Bertz CT molecular complexity index is 391. The third-order valence-corrected chi connectivity index (χ3v) is 3.81. The molecule has 0 bridgehead atoms. The number of rotatable bonds is 3. The maximum absolute atomic E-state index is 13.1. The van der Waals surface area contributed by atoms with Crippen molar-refractivity contribution < 1.29 is 9.18 Å². The first kappa shape index (κ1) is 11.3. The van der Waals surface area contributed by atoms with Gasteiger partial charge in [-0.3, -0.25) is 4.79 Å². The molecular formula is C14H17FO. The zero-order chi connectivity index (χ0) is 11.6. The van der Waals surface area contributed by atoms with Gasteiger partial charge in [0.25, 0.3) is 0 Å². The van der Waals surface area contributed by atoms with Crippen molar-refractivity contribution in [3.8, 4) is 0 Å². The second-order valence-corrected chi connectivity index (χ2v) is 4.68. The summed E-state index contributed by atoms with van der Waals surface area (Å²) in [6.07, 6.45) is 5.02. The number of Topliss-reactive ketones (excluding diaryl/α,β-unsaturated/α-hetero) is 1. The van der Waals surface area contributed by atoms with E-state index in [1.165, 1.54) is 12.1 Å². The minimum Gasteiger partial charge on any atom is -0.294 e. The van der Waals surface area contributed by atoms with E-state index in [4.69, 9.17) is 0 Å². The predicted octanol–water partition coefficient (Wildman–Crippen LogP) is 3.98. The highest BCUT2D eigenvalue weighted by Crippen LogP contribution is 2.43. The van der Waals surface area contributed by atoms with Gasteiger partial charge in [-0.15, -0.1) is 0 Å². The van der Waals surface area contributed by atoms with Crippen LogP contribution in [0.15, 0.2) is 24.3 Å². The molecule has 16 heavy (non-hydrogen) atoms. The van der Waals surface area contributed by atoms with Crippen LogP contribution in [0.3, 0.4) is 0 Å². The van der Waals surface area contributed by atoms with Crippen LogP contribution in [0.5, 0.6) is 0 Å². The third-order valence-electron chi connectivity index (χ3n) is 3.81. The van der Waals surface area contributed by atoms with Crippen molar-refractivity contribution in [1.82, 2.24) is 0 Å². The molecule has 2 heteroatoms. The maximum Gasteiger partial charge on any atom is 0.169 e. The first-order valence-corrected chi connectivity index (χ1v) is 5.98. The van der Waals surface area contributed by atoms with Crippen LogP contribution in [0.2, 0.25) is 0 Å². The highest BCUT2D eigenvalue weighted by Gasteiger charge is 2.39. The molecule has 1 saturated carbocycles. The van der Waals surface area contributed by atoms with Crippen molar-refractivity contribution in [1.29, 1.82) is 0 Å². The minimum absolute atomic E-state index is 0.131. The summed E-state index contributed by atoms with van der Waals surface area (Å²) in [5.74, 6) is -0.192. The predicted molar refractivity (Wildman–Crippen MR) is 61.9 cm³/mol. The Labute approximate surface area is 95.7 Å². The lowest BCUT2D eigenvalue weighted by molar-refractivity contribution is 0.0791. The van der Waals surface area contributed by atoms with Gasteiger partial charge < -0.3 is 0 Å². The maximum atomic E-state index is 13.1. The standard InChI is InChI=1S/C14H17FO/c1-2-14(8-3-4-9-14)13(16)11-6-5-7-12(15)10-11/h5-7,10H,2-4,8-9H2,1H3. The van der Waals surface area contributed by atoms with Gasteiger partial charge in [0.05, 0.1) is 0 Å². The smallest absolute Gasteiger partial charge is 0.169 e. The molecule has 0 heterocycles. The molecule has 0 radical (unpaired) electrons. The summed E-state index contributed by atoms with van der Waals surface area (Å²) >= 11 is 0. The number of benzene rings is 1. The van der Waals surface area contributed by atoms with E-state index in [0.29, 0.717) is 5.56 Å². The number of carbonyl (C=O) groups is 1. The lowest BCUT2D eigenvalue weighted by Crippen LogP contribution is -2.27. The largest absolute Gasteiger partial charge is 0.294 e. The minimum atomic E-state index is -0.324. The Kier molecular flexibility index (Phi) is 3.08. The van der Waals surface area contributed by atoms with E-state index in [1.54, 1.807) is 12.1 Å². The Balaban J connectivity index is 2.30. The van der Waals surface area contributed by atoms with Gasteiger partial charge >= 0.3 is 0 Å². The molecule has 0 aliphatic heterocycles. The molecule has 1 nitrogen and oxygen atoms in total. The zero-order valence-electron chi connectivity index (χ0n) is 9.63. The fourth-order valence-corrected chi connectivity index (χ4v) is 2.73. The van der Waals surface area contributed by atoms with Crippen molar-refractivity contribution >= 4 is 5.78 Å². The average molecular weight is 220 g/mol. The van der Waals surface area contributed by atoms with Crippen molar-refractivity contribution in [2.45, 2.75) is 39.0 Å². The molecule has 2 rings (SSSR count). The van der Waals surface area contributed by atoms with Gasteiger partial charge in [-0.1, -0.05) is 31.9 Å². The van der Waals surface area contributed by atoms with Gasteiger partial charge in [-0.2, -0.15) is 0 Å². The summed E-state index contributed by atoms with van der Waals surface area (Å²) in [5, 5.41) is 0. The van der Waals surface area contributed by atoms with Gasteiger partial charge in [-0.05, 0) is 31.4 Å². The second-order valence-electron chi connectivity index (χ2n) is 4.68. The molecule has 0 unspecified atom stereocenters. The van der Waals surface area contributed by atoms with Gasteiger partial charge in [0.1, 0.15) is 5.82 Å². The summed E-state index contributed by atoms with van der Waals surface area (Å²) in [6.45, 7) is 2.06. The van der Waals surface area contributed by atoms with Crippen LogP contribution in [-0.4, -0.2) is 5.78 Å². The highest BCUT2D eigenvalue weighted by molar-refractivity contribution is 6.00. The molecule has 1 fully saturated rings.